The number of esters is 1. The van der Waals surface area contributed by atoms with Crippen molar-refractivity contribution >= 4 is 5.97 Å². The lowest BCUT2D eigenvalue weighted by atomic mass is 9.93. The Morgan fingerprint density at radius 3 is 2.76 bits per heavy atom. The van der Waals surface area contributed by atoms with Gasteiger partial charge in [-0.05, 0) is 44.7 Å². The van der Waals surface area contributed by atoms with Gasteiger partial charge in [0.2, 0.25) is 0 Å². The number of hydrogen-bond acceptors (Lipinski definition) is 5. The molecular formula is C15H26N4O2. The summed E-state index contributed by atoms with van der Waals surface area (Å²) in [5.41, 5.74) is 1.36. The zero-order chi connectivity index (χ0) is 15.2. The van der Waals surface area contributed by atoms with Crippen LogP contribution >= 0.6 is 0 Å². The van der Waals surface area contributed by atoms with Gasteiger partial charge in [0.05, 0.1) is 12.8 Å². The fraction of sp³-hybridized carbons (Fsp3) is 0.800. The molecule has 0 unspecified atom stereocenters. The Bertz CT molecular complexity index is 464. The van der Waals surface area contributed by atoms with Gasteiger partial charge >= 0.3 is 5.97 Å². The highest BCUT2D eigenvalue weighted by Gasteiger charge is 2.28. The van der Waals surface area contributed by atoms with Gasteiger partial charge in [0.1, 0.15) is 0 Å². The number of rotatable bonds is 6. The molecule has 6 nitrogen and oxygen atoms in total. The SMILES string of the molecule is COC(=O)c1nnn(CCCC(C)C)c1C1CCNCC1. The Hall–Kier alpha value is -1.43. The second kappa shape index (κ2) is 7.54. The van der Waals surface area contributed by atoms with Crippen molar-refractivity contribution in [2.24, 2.45) is 5.92 Å². The molecule has 1 aliphatic heterocycles. The smallest absolute Gasteiger partial charge is 0.360 e. The third-order valence-electron chi connectivity index (χ3n) is 4.03. The monoisotopic (exact) mass is 294 g/mol. The lowest BCUT2D eigenvalue weighted by Gasteiger charge is -2.23. The summed E-state index contributed by atoms with van der Waals surface area (Å²) in [6, 6.07) is 0. The van der Waals surface area contributed by atoms with Crippen LogP contribution in [0.3, 0.4) is 0 Å². The molecule has 1 N–H and O–H groups in total. The van der Waals surface area contributed by atoms with Crippen LogP contribution in [-0.2, 0) is 11.3 Å². The summed E-state index contributed by atoms with van der Waals surface area (Å²) in [4.78, 5) is 11.9. The molecule has 1 saturated heterocycles. The van der Waals surface area contributed by atoms with E-state index >= 15 is 0 Å². The van der Waals surface area contributed by atoms with E-state index in [1.54, 1.807) is 0 Å². The molecule has 1 aromatic heterocycles. The highest BCUT2D eigenvalue weighted by molar-refractivity contribution is 5.88. The van der Waals surface area contributed by atoms with Crippen LogP contribution in [0.1, 0.15) is 61.6 Å². The van der Waals surface area contributed by atoms with Crippen molar-refractivity contribution in [1.82, 2.24) is 20.3 Å². The Kier molecular flexibility index (Phi) is 5.73. The summed E-state index contributed by atoms with van der Waals surface area (Å²) in [5, 5.41) is 11.6. The van der Waals surface area contributed by atoms with Crippen LogP contribution in [0.25, 0.3) is 0 Å². The molecule has 0 spiro atoms. The normalized spacial score (nSPS) is 16.4. The molecule has 0 radical (unpaired) electrons. The maximum absolute atomic E-state index is 11.9. The topological polar surface area (TPSA) is 69.0 Å². The van der Waals surface area contributed by atoms with Crippen molar-refractivity contribution in [3.8, 4) is 0 Å². The summed E-state index contributed by atoms with van der Waals surface area (Å²) in [6.45, 7) is 7.20. The summed E-state index contributed by atoms with van der Waals surface area (Å²) >= 11 is 0. The summed E-state index contributed by atoms with van der Waals surface area (Å²) in [7, 11) is 1.40. The molecule has 2 heterocycles. The first-order valence-electron chi connectivity index (χ1n) is 7.86. The maximum Gasteiger partial charge on any atom is 0.360 e. The van der Waals surface area contributed by atoms with Crippen LogP contribution in [0.15, 0.2) is 0 Å². The first-order chi connectivity index (χ1) is 10.1. The fourth-order valence-electron chi connectivity index (χ4n) is 2.88. The van der Waals surface area contributed by atoms with Crippen molar-refractivity contribution in [3.63, 3.8) is 0 Å². The predicted molar refractivity (Wildman–Crippen MR) is 80.3 cm³/mol. The van der Waals surface area contributed by atoms with Gasteiger partial charge < -0.3 is 10.1 Å². The first-order valence-corrected chi connectivity index (χ1v) is 7.86. The highest BCUT2D eigenvalue weighted by atomic mass is 16.5. The van der Waals surface area contributed by atoms with Gasteiger partial charge in [-0.3, -0.25) is 0 Å². The second-order valence-corrected chi connectivity index (χ2v) is 6.10. The molecule has 21 heavy (non-hydrogen) atoms. The van der Waals surface area contributed by atoms with E-state index in [4.69, 9.17) is 4.74 Å². The van der Waals surface area contributed by atoms with E-state index in [1.165, 1.54) is 7.11 Å². The molecule has 6 heteroatoms. The number of nitrogens with one attached hydrogen (secondary N) is 1. The van der Waals surface area contributed by atoms with Crippen LogP contribution < -0.4 is 5.32 Å². The molecule has 0 aromatic carbocycles. The van der Waals surface area contributed by atoms with Crippen molar-refractivity contribution in [3.05, 3.63) is 11.4 Å². The van der Waals surface area contributed by atoms with Crippen LogP contribution in [0.4, 0.5) is 0 Å². The largest absolute Gasteiger partial charge is 0.464 e. The Labute approximate surface area is 126 Å². The van der Waals surface area contributed by atoms with Gasteiger partial charge in [0.25, 0.3) is 0 Å². The summed E-state index contributed by atoms with van der Waals surface area (Å²) in [6.07, 6.45) is 4.24. The zero-order valence-corrected chi connectivity index (χ0v) is 13.3. The Morgan fingerprint density at radius 2 is 2.14 bits per heavy atom. The van der Waals surface area contributed by atoms with Crippen molar-refractivity contribution in [1.29, 1.82) is 0 Å². The molecular weight excluding hydrogens is 268 g/mol. The number of ether oxygens (including phenoxy) is 1. The molecule has 1 fully saturated rings. The van der Waals surface area contributed by atoms with Crippen LogP contribution in [0, 0.1) is 5.92 Å². The molecule has 1 aliphatic rings. The summed E-state index contributed by atoms with van der Waals surface area (Å²) < 4.78 is 6.77. The van der Waals surface area contributed by atoms with Gasteiger partial charge in [-0.15, -0.1) is 5.10 Å². The third kappa shape index (κ3) is 4.03. The standard InChI is InChI=1S/C15H26N4O2/c1-11(2)5-4-10-19-14(12-6-8-16-9-7-12)13(17-18-19)15(20)21-3/h11-12,16H,4-10H2,1-3H3. The molecule has 118 valence electrons. The minimum absolute atomic E-state index is 0.342. The number of hydrogen-bond donors (Lipinski definition) is 1. The number of aryl methyl sites for hydroxylation is 1. The third-order valence-corrected chi connectivity index (χ3v) is 4.03. The number of piperidine rings is 1. The number of carbonyl (C=O) groups is 1. The van der Waals surface area contributed by atoms with E-state index in [1.807, 2.05) is 4.68 Å². The summed E-state index contributed by atoms with van der Waals surface area (Å²) in [5.74, 6) is 0.643. The Balaban J connectivity index is 2.18. The number of methoxy groups -OCH3 is 1. The fourth-order valence-corrected chi connectivity index (χ4v) is 2.88. The van der Waals surface area contributed by atoms with Crippen LogP contribution in [0.2, 0.25) is 0 Å². The van der Waals surface area contributed by atoms with Gasteiger partial charge in [0, 0.05) is 12.5 Å². The molecule has 2 rings (SSSR count). The van der Waals surface area contributed by atoms with Crippen LogP contribution in [-0.4, -0.2) is 41.2 Å². The van der Waals surface area contributed by atoms with Gasteiger partial charge in [-0.25, -0.2) is 9.48 Å². The number of carbonyl (C=O) groups excluding carboxylic acids is 1. The number of nitrogens with zero attached hydrogens (tertiary/aromatic N) is 3. The molecule has 0 bridgehead atoms. The lowest BCUT2D eigenvalue weighted by Crippen LogP contribution is -2.29. The van der Waals surface area contributed by atoms with E-state index in [0.29, 0.717) is 17.5 Å². The van der Waals surface area contributed by atoms with Crippen molar-refractivity contribution < 1.29 is 9.53 Å². The minimum Gasteiger partial charge on any atom is -0.464 e. The zero-order valence-electron chi connectivity index (χ0n) is 13.3. The van der Waals surface area contributed by atoms with Crippen molar-refractivity contribution in [2.75, 3.05) is 20.2 Å². The first kappa shape index (κ1) is 15.9. The van der Waals surface area contributed by atoms with E-state index in [2.05, 4.69) is 29.5 Å². The van der Waals surface area contributed by atoms with Crippen LogP contribution in [0.5, 0.6) is 0 Å². The van der Waals surface area contributed by atoms with E-state index in [0.717, 1.165) is 51.0 Å². The minimum atomic E-state index is -0.376. The van der Waals surface area contributed by atoms with E-state index < -0.39 is 0 Å². The van der Waals surface area contributed by atoms with E-state index in [9.17, 15) is 4.79 Å². The molecule has 0 aliphatic carbocycles. The molecule has 1 aromatic rings. The maximum atomic E-state index is 11.9. The molecule has 0 atom stereocenters. The van der Waals surface area contributed by atoms with Gasteiger partial charge in [0.15, 0.2) is 5.69 Å². The average Bonchev–Trinajstić information content (AvgIpc) is 2.91. The van der Waals surface area contributed by atoms with Gasteiger partial charge in [-0.2, -0.15) is 0 Å². The quantitative estimate of drug-likeness (QED) is 0.812. The van der Waals surface area contributed by atoms with Crippen molar-refractivity contribution in [2.45, 2.75) is 52.0 Å². The van der Waals surface area contributed by atoms with E-state index in [-0.39, 0.29) is 5.97 Å². The molecule has 0 saturated carbocycles. The predicted octanol–water partition coefficient (Wildman–Crippen LogP) is 1.97. The average molecular weight is 294 g/mol. The molecule has 0 amide bonds. The number of aromatic nitrogens is 3. The Morgan fingerprint density at radius 1 is 1.43 bits per heavy atom. The van der Waals surface area contributed by atoms with Gasteiger partial charge in [-0.1, -0.05) is 19.1 Å². The lowest BCUT2D eigenvalue weighted by molar-refractivity contribution is 0.0591. The highest BCUT2D eigenvalue weighted by Crippen LogP contribution is 2.28. The second-order valence-electron chi connectivity index (χ2n) is 6.10.